The van der Waals surface area contributed by atoms with Gasteiger partial charge in [0, 0.05) is 37.0 Å². The molecular formula is C16H14N4O3. The summed E-state index contributed by atoms with van der Waals surface area (Å²) in [6, 6.07) is 6.98. The molecule has 0 aromatic carbocycles. The highest BCUT2D eigenvalue weighted by molar-refractivity contribution is 5.94. The van der Waals surface area contributed by atoms with Crippen molar-refractivity contribution in [3.63, 3.8) is 0 Å². The normalized spacial score (nSPS) is 17.6. The van der Waals surface area contributed by atoms with Crippen LogP contribution in [0.25, 0.3) is 11.7 Å². The number of hydrogen-bond acceptors (Lipinski definition) is 6. The second-order valence-corrected chi connectivity index (χ2v) is 5.41. The largest absolute Gasteiger partial charge is 0.459 e. The molecule has 116 valence electrons. The van der Waals surface area contributed by atoms with Crippen LogP contribution in [0.1, 0.15) is 28.5 Å². The zero-order valence-corrected chi connectivity index (χ0v) is 12.3. The van der Waals surface area contributed by atoms with E-state index in [0.29, 0.717) is 36.1 Å². The number of amides is 1. The first-order valence-electron chi connectivity index (χ1n) is 7.38. The van der Waals surface area contributed by atoms with Crippen molar-refractivity contribution in [1.82, 2.24) is 20.0 Å². The summed E-state index contributed by atoms with van der Waals surface area (Å²) >= 11 is 0. The molecule has 1 amide bonds. The maximum atomic E-state index is 12.4. The number of carbonyl (C=O) groups excluding carboxylic acids is 1. The summed E-state index contributed by atoms with van der Waals surface area (Å²) in [4.78, 5) is 22.6. The van der Waals surface area contributed by atoms with Crippen molar-refractivity contribution in [2.24, 2.45) is 0 Å². The Labute approximate surface area is 131 Å². The van der Waals surface area contributed by atoms with Gasteiger partial charge in [-0.05, 0) is 30.7 Å². The minimum atomic E-state index is 0.00431. The molecule has 7 heteroatoms. The topological polar surface area (TPSA) is 85.3 Å². The van der Waals surface area contributed by atoms with Crippen LogP contribution >= 0.6 is 0 Å². The van der Waals surface area contributed by atoms with Crippen LogP contribution in [-0.2, 0) is 0 Å². The fourth-order valence-corrected chi connectivity index (χ4v) is 2.73. The first-order valence-corrected chi connectivity index (χ1v) is 7.38. The van der Waals surface area contributed by atoms with Crippen molar-refractivity contribution in [3.8, 4) is 11.7 Å². The highest BCUT2D eigenvalue weighted by Gasteiger charge is 2.31. The second-order valence-electron chi connectivity index (χ2n) is 5.41. The second kappa shape index (κ2) is 5.68. The summed E-state index contributed by atoms with van der Waals surface area (Å²) in [6.45, 7) is 1.26. The molecule has 7 nitrogen and oxygen atoms in total. The van der Waals surface area contributed by atoms with Gasteiger partial charge in [-0.1, -0.05) is 5.16 Å². The van der Waals surface area contributed by atoms with Gasteiger partial charge in [-0.25, -0.2) is 0 Å². The highest BCUT2D eigenvalue weighted by Crippen LogP contribution is 2.28. The highest BCUT2D eigenvalue weighted by atomic mass is 16.5. The van der Waals surface area contributed by atoms with Crippen LogP contribution in [0, 0.1) is 0 Å². The standard InChI is InChI=1S/C16H14N4O3/c21-16(11-3-6-17-7-4-11)20-8-5-12(10-20)14-18-15(23-19-14)13-2-1-9-22-13/h1-4,6-7,9,12H,5,8,10H2. The van der Waals surface area contributed by atoms with Gasteiger partial charge in [-0.2, -0.15) is 4.98 Å². The van der Waals surface area contributed by atoms with Crippen LogP contribution < -0.4 is 0 Å². The van der Waals surface area contributed by atoms with E-state index in [1.807, 2.05) is 4.90 Å². The first-order chi connectivity index (χ1) is 11.3. The Hall–Kier alpha value is -2.96. The number of pyridine rings is 1. The van der Waals surface area contributed by atoms with E-state index in [-0.39, 0.29) is 11.8 Å². The fraction of sp³-hybridized carbons (Fsp3) is 0.250. The van der Waals surface area contributed by atoms with Gasteiger partial charge in [-0.3, -0.25) is 9.78 Å². The zero-order chi connectivity index (χ0) is 15.6. The number of likely N-dealkylation sites (tertiary alicyclic amines) is 1. The predicted molar refractivity (Wildman–Crippen MR) is 79.5 cm³/mol. The van der Waals surface area contributed by atoms with Crippen molar-refractivity contribution in [2.45, 2.75) is 12.3 Å². The molecule has 1 fully saturated rings. The third kappa shape index (κ3) is 2.61. The molecule has 0 saturated carbocycles. The van der Waals surface area contributed by atoms with E-state index in [9.17, 15) is 4.79 Å². The van der Waals surface area contributed by atoms with Gasteiger partial charge >= 0.3 is 0 Å². The van der Waals surface area contributed by atoms with Crippen LogP contribution in [0.5, 0.6) is 0 Å². The maximum Gasteiger partial charge on any atom is 0.293 e. The van der Waals surface area contributed by atoms with Gasteiger partial charge in [0.05, 0.1) is 6.26 Å². The summed E-state index contributed by atoms with van der Waals surface area (Å²) in [7, 11) is 0. The average Bonchev–Trinajstić information content (AvgIpc) is 3.34. The molecule has 0 radical (unpaired) electrons. The lowest BCUT2D eigenvalue weighted by Gasteiger charge is -2.15. The maximum absolute atomic E-state index is 12.4. The minimum Gasteiger partial charge on any atom is -0.459 e. The molecule has 0 spiro atoms. The van der Waals surface area contributed by atoms with Crippen LogP contribution in [0.15, 0.2) is 51.9 Å². The molecule has 3 aromatic rings. The van der Waals surface area contributed by atoms with Crippen LogP contribution in [0.2, 0.25) is 0 Å². The quantitative estimate of drug-likeness (QED) is 0.738. The van der Waals surface area contributed by atoms with E-state index in [4.69, 9.17) is 8.94 Å². The van der Waals surface area contributed by atoms with Gasteiger partial charge in [0.25, 0.3) is 11.8 Å². The van der Waals surface area contributed by atoms with Crippen LogP contribution in [-0.4, -0.2) is 39.0 Å². The summed E-state index contributed by atoms with van der Waals surface area (Å²) < 4.78 is 10.5. The third-order valence-corrected chi connectivity index (χ3v) is 3.94. The smallest absolute Gasteiger partial charge is 0.293 e. The van der Waals surface area contributed by atoms with Crippen LogP contribution in [0.3, 0.4) is 0 Å². The molecule has 4 heterocycles. The van der Waals surface area contributed by atoms with Crippen LogP contribution in [0.4, 0.5) is 0 Å². The lowest BCUT2D eigenvalue weighted by molar-refractivity contribution is 0.0790. The summed E-state index contributed by atoms with van der Waals surface area (Å²) in [5.74, 6) is 1.61. The fourth-order valence-electron chi connectivity index (χ4n) is 2.73. The van der Waals surface area contributed by atoms with E-state index in [1.165, 1.54) is 0 Å². The van der Waals surface area contributed by atoms with Gasteiger partial charge in [0.15, 0.2) is 11.6 Å². The number of furan rings is 1. The molecule has 0 aliphatic carbocycles. The Kier molecular flexibility index (Phi) is 3.38. The summed E-state index contributed by atoms with van der Waals surface area (Å²) in [5, 5.41) is 4.03. The monoisotopic (exact) mass is 310 g/mol. The molecule has 1 atom stereocenters. The van der Waals surface area contributed by atoms with Crippen molar-refractivity contribution in [1.29, 1.82) is 0 Å². The number of nitrogens with zero attached hydrogens (tertiary/aromatic N) is 4. The van der Waals surface area contributed by atoms with E-state index in [0.717, 1.165) is 6.42 Å². The number of carbonyl (C=O) groups is 1. The predicted octanol–water partition coefficient (Wildman–Crippen LogP) is 2.35. The Morgan fingerprint density at radius 2 is 2.13 bits per heavy atom. The van der Waals surface area contributed by atoms with E-state index < -0.39 is 0 Å². The van der Waals surface area contributed by atoms with Gasteiger partial charge in [0.2, 0.25) is 0 Å². The van der Waals surface area contributed by atoms with Crippen molar-refractivity contribution in [3.05, 3.63) is 54.3 Å². The minimum absolute atomic E-state index is 0.00431. The molecule has 0 bridgehead atoms. The first kappa shape index (κ1) is 13.7. The number of rotatable bonds is 3. The van der Waals surface area contributed by atoms with E-state index >= 15 is 0 Å². The Bertz CT molecular complexity index is 798. The summed E-state index contributed by atoms with van der Waals surface area (Å²) in [6.07, 6.45) is 5.61. The van der Waals surface area contributed by atoms with Gasteiger partial charge in [0.1, 0.15) is 0 Å². The third-order valence-electron chi connectivity index (χ3n) is 3.94. The van der Waals surface area contributed by atoms with E-state index in [1.54, 1.807) is 42.9 Å². The molecule has 1 aliphatic heterocycles. The van der Waals surface area contributed by atoms with Crippen molar-refractivity contribution < 1.29 is 13.7 Å². The lowest BCUT2D eigenvalue weighted by Crippen LogP contribution is -2.28. The van der Waals surface area contributed by atoms with Gasteiger partial charge in [-0.15, -0.1) is 0 Å². The molecule has 4 rings (SSSR count). The lowest BCUT2D eigenvalue weighted by atomic mass is 10.1. The van der Waals surface area contributed by atoms with Gasteiger partial charge < -0.3 is 13.8 Å². The molecule has 3 aromatic heterocycles. The average molecular weight is 310 g/mol. The van der Waals surface area contributed by atoms with Crippen molar-refractivity contribution >= 4 is 5.91 Å². The molecular weight excluding hydrogens is 296 g/mol. The number of aromatic nitrogens is 3. The SMILES string of the molecule is O=C(c1ccncc1)N1CCC(c2noc(-c3ccco3)n2)C1. The Morgan fingerprint density at radius 3 is 2.91 bits per heavy atom. The molecule has 1 unspecified atom stereocenters. The van der Waals surface area contributed by atoms with E-state index in [2.05, 4.69) is 15.1 Å². The Balaban J connectivity index is 1.47. The zero-order valence-electron chi connectivity index (χ0n) is 12.3. The molecule has 1 aliphatic rings. The summed E-state index contributed by atoms with van der Waals surface area (Å²) in [5.41, 5.74) is 0.644. The molecule has 23 heavy (non-hydrogen) atoms. The Morgan fingerprint density at radius 1 is 1.26 bits per heavy atom. The molecule has 0 N–H and O–H groups in total. The van der Waals surface area contributed by atoms with Crippen molar-refractivity contribution in [2.75, 3.05) is 13.1 Å². The molecule has 1 saturated heterocycles. The number of hydrogen-bond donors (Lipinski definition) is 0.